The average molecular weight is 535 g/mol. The Morgan fingerprint density at radius 2 is 1.58 bits per heavy atom. The van der Waals surface area contributed by atoms with Crippen LogP contribution in [0.15, 0.2) is 78.0 Å². The molecule has 1 heterocycles. The minimum Gasteiger partial charge on any atom is -0.497 e. The minimum atomic E-state index is -0.586. The summed E-state index contributed by atoms with van der Waals surface area (Å²) in [7, 11) is 4.69. The Labute approximate surface area is 223 Å². The summed E-state index contributed by atoms with van der Waals surface area (Å²) in [5.74, 6) is 1.95. The Bertz CT molecular complexity index is 1400. The van der Waals surface area contributed by atoms with Crippen LogP contribution in [0.5, 0.6) is 17.2 Å². The van der Waals surface area contributed by atoms with Gasteiger partial charge in [-0.2, -0.15) is 0 Å². The number of hydrogen-bond donors (Lipinski definition) is 3. The smallest absolute Gasteiger partial charge is 0.337 e. The number of benzene rings is 3. The molecular formula is C26H26N6O5S. The fourth-order valence-corrected chi connectivity index (χ4v) is 4.22. The van der Waals surface area contributed by atoms with Crippen LogP contribution >= 0.6 is 11.8 Å². The van der Waals surface area contributed by atoms with E-state index in [9.17, 15) is 9.59 Å². The summed E-state index contributed by atoms with van der Waals surface area (Å²) in [5.41, 5.74) is 6.85. The summed E-state index contributed by atoms with van der Waals surface area (Å²) in [4.78, 5) is 24.6. The van der Waals surface area contributed by atoms with Crippen LogP contribution in [0, 0.1) is 0 Å². The first kappa shape index (κ1) is 26.4. The van der Waals surface area contributed by atoms with Crippen molar-refractivity contribution >= 4 is 29.4 Å². The quantitative estimate of drug-likeness (QED) is 0.218. The van der Waals surface area contributed by atoms with E-state index in [2.05, 4.69) is 26.4 Å². The highest BCUT2D eigenvalue weighted by molar-refractivity contribution is 7.99. The molecule has 0 fully saturated rings. The number of carbonyl (C=O) groups is 2. The number of anilines is 1. The van der Waals surface area contributed by atoms with E-state index in [-0.39, 0.29) is 5.75 Å². The van der Waals surface area contributed by atoms with Crippen LogP contribution in [0.2, 0.25) is 0 Å². The van der Waals surface area contributed by atoms with Crippen LogP contribution in [-0.2, 0) is 4.79 Å². The number of amides is 3. The van der Waals surface area contributed by atoms with Gasteiger partial charge in [-0.05, 0) is 54.6 Å². The Hall–Kier alpha value is -4.71. The van der Waals surface area contributed by atoms with Crippen molar-refractivity contribution in [2.45, 2.75) is 5.16 Å². The predicted octanol–water partition coefficient (Wildman–Crippen LogP) is 3.91. The molecule has 12 heteroatoms. The number of rotatable bonds is 9. The molecule has 196 valence electrons. The van der Waals surface area contributed by atoms with Gasteiger partial charge in [0.15, 0.2) is 22.5 Å². The van der Waals surface area contributed by atoms with Gasteiger partial charge in [-0.1, -0.05) is 30.0 Å². The normalized spacial score (nSPS) is 10.4. The zero-order chi connectivity index (χ0) is 26.9. The van der Waals surface area contributed by atoms with E-state index in [1.165, 1.54) is 11.8 Å². The lowest BCUT2D eigenvalue weighted by Crippen LogP contribution is -2.44. The van der Waals surface area contributed by atoms with Gasteiger partial charge in [0.05, 0.1) is 27.1 Å². The number of thioether (sulfide) groups is 1. The molecule has 38 heavy (non-hydrogen) atoms. The molecule has 0 spiro atoms. The van der Waals surface area contributed by atoms with Crippen LogP contribution in [0.25, 0.3) is 17.1 Å². The second-order valence-corrected chi connectivity index (χ2v) is 8.63. The van der Waals surface area contributed by atoms with Gasteiger partial charge in [0.1, 0.15) is 5.75 Å². The number of ether oxygens (including phenoxy) is 3. The van der Waals surface area contributed by atoms with Crippen LogP contribution in [-0.4, -0.2) is 53.8 Å². The Morgan fingerprint density at radius 3 is 2.26 bits per heavy atom. The van der Waals surface area contributed by atoms with Crippen molar-refractivity contribution in [2.24, 2.45) is 0 Å². The molecule has 4 aromatic rings. The summed E-state index contributed by atoms with van der Waals surface area (Å²) in [5, 5.41) is 11.8. The number of carbonyl (C=O) groups excluding carboxylic acids is 2. The average Bonchev–Trinajstić information content (AvgIpc) is 3.39. The van der Waals surface area contributed by atoms with Crippen molar-refractivity contribution < 1.29 is 23.8 Å². The molecule has 0 radical (unpaired) electrons. The van der Waals surface area contributed by atoms with Crippen LogP contribution in [0.4, 0.5) is 10.5 Å². The van der Waals surface area contributed by atoms with Gasteiger partial charge >= 0.3 is 6.03 Å². The van der Waals surface area contributed by atoms with Gasteiger partial charge in [-0.15, -0.1) is 10.2 Å². The summed E-state index contributed by atoms with van der Waals surface area (Å²) >= 11 is 1.18. The first-order chi connectivity index (χ1) is 18.5. The monoisotopic (exact) mass is 534 g/mol. The molecule has 3 N–H and O–H groups in total. The highest BCUT2D eigenvalue weighted by Crippen LogP contribution is 2.34. The molecule has 3 aromatic carbocycles. The maximum absolute atomic E-state index is 12.5. The maximum Gasteiger partial charge on any atom is 0.337 e. The van der Waals surface area contributed by atoms with Crippen molar-refractivity contribution in [3.8, 4) is 34.3 Å². The van der Waals surface area contributed by atoms with E-state index in [1.807, 2.05) is 47.0 Å². The van der Waals surface area contributed by atoms with Gasteiger partial charge in [-0.25, -0.2) is 10.2 Å². The highest BCUT2D eigenvalue weighted by Gasteiger charge is 2.19. The number of aromatic nitrogens is 3. The number of urea groups is 1. The van der Waals surface area contributed by atoms with Crippen LogP contribution in [0.1, 0.15) is 0 Å². The number of nitrogens with one attached hydrogen (secondary N) is 3. The van der Waals surface area contributed by atoms with Gasteiger partial charge < -0.3 is 19.5 Å². The van der Waals surface area contributed by atoms with Crippen molar-refractivity contribution in [1.82, 2.24) is 25.6 Å². The van der Waals surface area contributed by atoms with E-state index >= 15 is 0 Å². The van der Waals surface area contributed by atoms with Gasteiger partial charge in [0.2, 0.25) is 5.91 Å². The topological polar surface area (TPSA) is 129 Å². The molecule has 0 saturated heterocycles. The number of hydrogen-bond acceptors (Lipinski definition) is 8. The SMILES string of the molecule is COc1ccc(NC(=O)NNC(=O)CSc2nnc(-c3ccc(OC)c(OC)c3)n2-c2ccccc2)cc1. The van der Waals surface area contributed by atoms with E-state index in [0.29, 0.717) is 33.9 Å². The summed E-state index contributed by atoms with van der Waals surface area (Å²) in [6.07, 6.45) is 0. The largest absolute Gasteiger partial charge is 0.497 e. The molecule has 11 nitrogen and oxygen atoms in total. The van der Waals surface area contributed by atoms with E-state index in [4.69, 9.17) is 14.2 Å². The molecule has 4 rings (SSSR count). The Balaban J connectivity index is 1.44. The van der Waals surface area contributed by atoms with Crippen LogP contribution < -0.4 is 30.4 Å². The maximum atomic E-state index is 12.5. The van der Waals surface area contributed by atoms with Crippen LogP contribution in [0.3, 0.4) is 0 Å². The third kappa shape index (κ3) is 6.34. The molecule has 0 aliphatic carbocycles. The van der Waals surface area contributed by atoms with Crippen molar-refractivity contribution in [2.75, 3.05) is 32.4 Å². The van der Waals surface area contributed by atoms with E-state index in [0.717, 1.165) is 11.3 Å². The molecule has 0 unspecified atom stereocenters. The van der Waals surface area contributed by atoms with Gasteiger partial charge in [0.25, 0.3) is 0 Å². The first-order valence-corrected chi connectivity index (χ1v) is 12.4. The number of para-hydroxylation sites is 1. The van der Waals surface area contributed by atoms with Crippen molar-refractivity contribution in [3.63, 3.8) is 0 Å². The minimum absolute atomic E-state index is 0.0142. The summed E-state index contributed by atoms with van der Waals surface area (Å²) < 4.78 is 17.7. The predicted molar refractivity (Wildman–Crippen MR) is 144 cm³/mol. The van der Waals surface area contributed by atoms with Gasteiger partial charge in [-0.3, -0.25) is 14.8 Å². The second-order valence-electron chi connectivity index (χ2n) is 7.69. The lowest BCUT2D eigenvalue weighted by molar-refractivity contribution is -0.119. The lowest BCUT2D eigenvalue weighted by Gasteiger charge is -2.12. The van der Waals surface area contributed by atoms with Crippen molar-refractivity contribution in [3.05, 3.63) is 72.8 Å². The second kappa shape index (κ2) is 12.5. The number of nitrogens with zero attached hydrogens (tertiary/aromatic N) is 3. The van der Waals surface area contributed by atoms with E-state index in [1.54, 1.807) is 51.7 Å². The Kier molecular flexibility index (Phi) is 8.67. The first-order valence-electron chi connectivity index (χ1n) is 11.4. The molecule has 0 aliphatic rings. The lowest BCUT2D eigenvalue weighted by atomic mass is 10.2. The zero-order valence-corrected chi connectivity index (χ0v) is 21.7. The summed E-state index contributed by atoms with van der Waals surface area (Å²) in [6, 6.07) is 21.2. The third-order valence-electron chi connectivity index (χ3n) is 5.29. The standard InChI is InChI=1S/C26H26N6O5S/c1-35-20-12-10-18(11-13-20)27-25(34)30-28-23(33)16-38-26-31-29-24(32(26)19-7-5-4-6-8-19)17-9-14-21(36-2)22(15-17)37-3/h4-15H,16H2,1-3H3,(H,28,33)(H2,27,30,34). The zero-order valence-electron chi connectivity index (χ0n) is 20.9. The fourth-order valence-electron chi connectivity index (χ4n) is 3.46. The molecule has 0 bridgehead atoms. The number of methoxy groups -OCH3 is 3. The molecule has 1 aromatic heterocycles. The van der Waals surface area contributed by atoms with Crippen molar-refractivity contribution in [1.29, 1.82) is 0 Å². The fraction of sp³-hybridized carbons (Fsp3) is 0.154. The molecule has 0 saturated carbocycles. The van der Waals surface area contributed by atoms with Gasteiger partial charge in [0, 0.05) is 16.9 Å². The third-order valence-corrected chi connectivity index (χ3v) is 6.21. The van der Waals surface area contributed by atoms with E-state index < -0.39 is 11.9 Å². The molecule has 0 atom stereocenters. The summed E-state index contributed by atoms with van der Waals surface area (Å²) in [6.45, 7) is 0. The Morgan fingerprint density at radius 1 is 0.842 bits per heavy atom. The highest BCUT2D eigenvalue weighted by atomic mass is 32.2. The number of hydrazine groups is 1. The molecule has 3 amide bonds. The molecule has 0 aliphatic heterocycles. The molecular weight excluding hydrogens is 508 g/mol.